The van der Waals surface area contributed by atoms with Gasteiger partial charge in [0.1, 0.15) is 6.17 Å². The number of fused-ring (bicyclic) bond motifs is 1. The zero-order valence-electron chi connectivity index (χ0n) is 9.75. The highest BCUT2D eigenvalue weighted by Crippen LogP contribution is 2.38. The Morgan fingerprint density at radius 2 is 2.29 bits per heavy atom. The van der Waals surface area contributed by atoms with Gasteiger partial charge in [-0.1, -0.05) is 0 Å². The molecule has 4 nitrogen and oxygen atoms in total. The van der Waals surface area contributed by atoms with Crippen molar-refractivity contribution in [3.05, 3.63) is 23.3 Å². The van der Waals surface area contributed by atoms with E-state index in [1.54, 1.807) is 13.1 Å². The number of carbonyl (C=O) groups excluding carboxylic acids is 1. The maximum Gasteiger partial charge on any atom is 0.231 e. The Labute approximate surface area is 98.7 Å². The summed E-state index contributed by atoms with van der Waals surface area (Å²) in [5.41, 5.74) is 0.794. The molecular formula is C12H14FNO3. The van der Waals surface area contributed by atoms with Crippen LogP contribution in [-0.2, 0) is 0 Å². The van der Waals surface area contributed by atoms with Gasteiger partial charge in [0.15, 0.2) is 17.3 Å². The summed E-state index contributed by atoms with van der Waals surface area (Å²) in [6.07, 6.45) is -1.15. The van der Waals surface area contributed by atoms with Crippen molar-refractivity contribution in [1.82, 2.24) is 5.32 Å². The van der Waals surface area contributed by atoms with Crippen LogP contribution in [0.2, 0.25) is 0 Å². The van der Waals surface area contributed by atoms with Gasteiger partial charge in [-0.2, -0.15) is 0 Å². The summed E-state index contributed by atoms with van der Waals surface area (Å²) in [4.78, 5) is 11.9. The van der Waals surface area contributed by atoms with E-state index >= 15 is 0 Å². The Hall–Kier alpha value is -1.62. The molecule has 1 aromatic rings. The van der Waals surface area contributed by atoms with Gasteiger partial charge in [0.25, 0.3) is 0 Å². The summed E-state index contributed by atoms with van der Waals surface area (Å²) < 4.78 is 23.7. The predicted octanol–water partition coefficient (Wildman–Crippen LogP) is 1.85. The molecule has 5 heteroatoms. The lowest BCUT2D eigenvalue weighted by atomic mass is 10.0. The Bertz CT molecular complexity index is 446. The number of carbonyl (C=O) groups is 1. The second-order valence-corrected chi connectivity index (χ2v) is 3.87. The van der Waals surface area contributed by atoms with Crippen molar-refractivity contribution in [2.24, 2.45) is 0 Å². The molecule has 0 saturated heterocycles. The zero-order valence-corrected chi connectivity index (χ0v) is 9.75. The molecule has 0 bridgehead atoms. The summed E-state index contributed by atoms with van der Waals surface area (Å²) in [6, 6.07) is 3.10. The number of nitrogens with one attached hydrogen (secondary N) is 1. The van der Waals surface area contributed by atoms with E-state index in [1.807, 2.05) is 0 Å². The number of likely N-dealkylation sites (N-methyl/N-ethyl adjacent to an activating group) is 1. The van der Waals surface area contributed by atoms with Crippen LogP contribution < -0.4 is 14.8 Å². The molecule has 1 unspecified atom stereocenters. The highest BCUT2D eigenvalue weighted by atomic mass is 19.1. The average Bonchev–Trinajstić information content (AvgIpc) is 2.75. The number of alkyl halides is 1. The van der Waals surface area contributed by atoms with Crippen molar-refractivity contribution < 1.29 is 18.7 Å². The summed E-state index contributed by atoms with van der Waals surface area (Å²) in [6.45, 7) is 1.67. The molecule has 0 spiro atoms. The minimum absolute atomic E-state index is 0.0687. The van der Waals surface area contributed by atoms with Gasteiger partial charge in [-0.3, -0.25) is 4.79 Å². The van der Waals surface area contributed by atoms with Crippen LogP contribution in [-0.4, -0.2) is 26.2 Å². The molecule has 1 heterocycles. The summed E-state index contributed by atoms with van der Waals surface area (Å²) >= 11 is 0. The first-order chi connectivity index (χ1) is 8.13. The molecule has 1 aromatic carbocycles. The van der Waals surface area contributed by atoms with Crippen LogP contribution in [0, 0.1) is 0 Å². The van der Waals surface area contributed by atoms with Crippen LogP contribution >= 0.6 is 0 Å². The highest BCUT2D eigenvalue weighted by Gasteiger charge is 2.24. The zero-order chi connectivity index (χ0) is 12.4. The molecule has 1 aliphatic heterocycles. The van der Waals surface area contributed by atoms with E-state index in [9.17, 15) is 9.18 Å². The molecular weight excluding hydrogens is 225 g/mol. The minimum Gasteiger partial charge on any atom is -0.454 e. The van der Waals surface area contributed by atoms with Crippen LogP contribution in [0.5, 0.6) is 11.5 Å². The third-order valence-corrected chi connectivity index (χ3v) is 2.59. The molecule has 2 rings (SSSR count). The first-order valence-corrected chi connectivity index (χ1v) is 5.39. The topological polar surface area (TPSA) is 47.6 Å². The van der Waals surface area contributed by atoms with Crippen molar-refractivity contribution >= 4 is 5.78 Å². The molecule has 92 valence electrons. The number of halogens is 1. The fraction of sp³-hybridized carbons (Fsp3) is 0.417. The number of rotatable bonds is 4. The quantitative estimate of drug-likeness (QED) is 0.814. The Balaban J connectivity index is 2.45. The highest BCUT2D eigenvalue weighted by molar-refractivity contribution is 6.01. The molecule has 0 aromatic heterocycles. The van der Waals surface area contributed by atoms with E-state index in [0.717, 1.165) is 0 Å². The first kappa shape index (κ1) is 11.9. The first-order valence-electron chi connectivity index (χ1n) is 5.39. The van der Waals surface area contributed by atoms with Gasteiger partial charge in [-0.05, 0) is 31.7 Å². The maximum absolute atomic E-state index is 13.3. The van der Waals surface area contributed by atoms with Gasteiger partial charge in [-0.25, -0.2) is 4.39 Å². The third-order valence-electron chi connectivity index (χ3n) is 2.59. The SMILES string of the molecule is CNCC(=O)c1cc(C(C)F)cc2c1OCO2. The van der Waals surface area contributed by atoms with Gasteiger partial charge < -0.3 is 14.8 Å². The van der Waals surface area contributed by atoms with E-state index in [0.29, 0.717) is 22.6 Å². The lowest BCUT2D eigenvalue weighted by Gasteiger charge is -2.09. The fourth-order valence-electron chi connectivity index (χ4n) is 1.72. The minimum atomic E-state index is -1.15. The van der Waals surface area contributed by atoms with Crippen LogP contribution in [0.4, 0.5) is 4.39 Å². The monoisotopic (exact) mass is 239 g/mol. The number of benzene rings is 1. The molecule has 0 radical (unpaired) electrons. The van der Waals surface area contributed by atoms with E-state index < -0.39 is 6.17 Å². The molecule has 0 aliphatic carbocycles. The molecule has 1 N–H and O–H groups in total. The molecule has 0 saturated carbocycles. The second-order valence-electron chi connectivity index (χ2n) is 3.87. The van der Waals surface area contributed by atoms with Crippen molar-refractivity contribution in [3.8, 4) is 11.5 Å². The summed E-state index contributed by atoms with van der Waals surface area (Å²) in [5.74, 6) is 0.706. The molecule has 1 aliphatic rings. The third kappa shape index (κ3) is 2.24. The normalized spacial score (nSPS) is 14.8. The standard InChI is InChI=1S/C12H14FNO3/c1-7(13)8-3-9(10(15)5-14-2)12-11(4-8)16-6-17-12/h3-4,7,14H,5-6H2,1-2H3. The number of Topliss-reactive ketones (excluding diaryl/α,β-unsaturated/α-hetero) is 1. The van der Waals surface area contributed by atoms with E-state index in [1.165, 1.54) is 13.0 Å². The van der Waals surface area contributed by atoms with Crippen LogP contribution in [0.15, 0.2) is 12.1 Å². The van der Waals surface area contributed by atoms with Gasteiger partial charge >= 0.3 is 0 Å². The van der Waals surface area contributed by atoms with Crippen molar-refractivity contribution in [2.75, 3.05) is 20.4 Å². The molecule has 17 heavy (non-hydrogen) atoms. The number of ketones is 1. The average molecular weight is 239 g/mol. The van der Waals surface area contributed by atoms with E-state index in [4.69, 9.17) is 9.47 Å². The number of hydrogen-bond acceptors (Lipinski definition) is 4. The van der Waals surface area contributed by atoms with E-state index in [-0.39, 0.29) is 19.1 Å². The summed E-state index contributed by atoms with van der Waals surface area (Å²) in [5, 5.41) is 2.77. The van der Waals surface area contributed by atoms with Crippen LogP contribution in [0.1, 0.15) is 29.0 Å². The van der Waals surface area contributed by atoms with Crippen LogP contribution in [0.25, 0.3) is 0 Å². The molecule has 0 amide bonds. The Kier molecular flexibility index (Phi) is 3.28. The number of ether oxygens (including phenoxy) is 2. The smallest absolute Gasteiger partial charge is 0.231 e. The second kappa shape index (κ2) is 4.71. The van der Waals surface area contributed by atoms with Crippen molar-refractivity contribution in [3.63, 3.8) is 0 Å². The Morgan fingerprint density at radius 3 is 2.94 bits per heavy atom. The van der Waals surface area contributed by atoms with Gasteiger partial charge in [0.2, 0.25) is 6.79 Å². The predicted molar refractivity (Wildman–Crippen MR) is 60.3 cm³/mol. The molecule has 1 atom stereocenters. The van der Waals surface area contributed by atoms with Crippen LogP contribution in [0.3, 0.4) is 0 Å². The van der Waals surface area contributed by atoms with E-state index in [2.05, 4.69) is 5.32 Å². The fourth-order valence-corrected chi connectivity index (χ4v) is 1.72. The number of hydrogen-bond donors (Lipinski definition) is 1. The van der Waals surface area contributed by atoms with Crippen molar-refractivity contribution in [1.29, 1.82) is 0 Å². The Morgan fingerprint density at radius 1 is 1.53 bits per heavy atom. The lowest BCUT2D eigenvalue weighted by Crippen LogP contribution is -2.19. The summed E-state index contributed by atoms with van der Waals surface area (Å²) in [7, 11) is 1.68. The van der Waals surface area contributed by atoms with Gasteiger partial charge in [0.05, 0.1) is 12.1 Å². The maximum atomic E-state index is 13.3. The van der Waals surface area contributed by atoms with Crippen molar-refractivity contribution in [2.45, 2.75) is 13.1 Å². The molecule has 0 fully saturated rings. The van der Waals surface area contributed by atoms with Gasteiger partial charge in [-0.15, -0.1) is 0 Å². The largest absolute Gasteiger partial charge is 0.454 e. The lowest BCUT2D eigenvalue weighted by molar-refractivity contribution is 0.0989. The van der Waals surface area contributed by atoms with Gasteiger partial charge in [0, 0.05) is 0 Å².